The van der Waals surface area contributed by atoms with Crippen LogP contribution in [0.15, 0.2) is 36.5 Å². The summed E-state index contributed by atoms with van der Waals surface area (Å²) >= 11 is 0. The summed E-state index contributed by atoms with van der Waals surface area (Å²) in [6.07, 6.45) is 2.68. The van der Waals surface area contributed by atoms with E-state index in [0.29, 0.717) is 19.0 Å². The summed E-state index contributed by atoms with van der Waals surface area (Å²) in [6, 6.07) is 10.1. The molecule has 0 radical (unpaired) electrons. The standard InChI is InChI=1S/C15H17N3O2/c19-15(20)18-8-6-12(7-9-18)14-16-10-13(17-14)11-4-2-1-3-5-11/h1-5,10,12H,6-9H2,(H,16,17)(H,19,20). The maximum atomic E-state index is 10.9. The normalized spacial score (nSPS) is 16.3. The number of nitrogens with zero attached hydrogens (tertiary/aromatic N) is 2. The van der Waals surface area contributed by atoms with E-state index < -0.39 is 6.09 Å². The highest BCUT2D eigenvalue weighted by Crippen LogP contribution is 2.27. The van der Waals surface area contributed by atoms with Gasteiger partial charge >= 0.3 is 6.09 Å². The number of hydrogen-bond donors (Lipinski definition) is 2. The summed E-state index contributed by atoms with van der Waals surface area (Å²) in [7, 11) is 0. The number of amides is 1. The van der Waals surface area contributed by atoms with Gasteiger partial charge in [-0.1, -0.05) is 30.3 Å². The van der Waals surface area contributed by atoms with Gasteiger partial charge in [0.2, 0.25) is 0 Å². The van der Waals surface area contributed by atoms with Crippen molar-refractivity contribution in [3.8, 4) is 11.3 Å². The molecule has 0 bridgehead atoms. The van der Waals surface area contributed by atoms with E-state index in [9.17, 15) is 4.79 Å². The maximum Gasteiger partial charge on any atom is 0.407 e. The first-order chi connectivity index (χ1) is 9.74. The fourth-order valence-corrected chi connectivity index (χ4v) is 2.65. The Morgan fingerprint density at radius 2 is 1.95 bits per heavy atom. The van der Waals surface area contributed by atoms with Crippen molar-refractivity contribution < 1.29 is 9.90 Å². The SMILES string of the molecule is O=C(O)N1CCC(c2ncc(-c3ccccc3)[nH]2)CC1. The highest BCUT2D eigenvalue weighted by atomic mass is 16.4. The third kappa shape index (κ3) is 2.52. The molecule has 2 N–H and O–H groups in total. The Morgan fingerprint density at radius 3 is 2.60 bits per heavy atom. The maximum absolute atomic E-state index is 10.9. The van der Waals surface area contributed by atoms with Crippen LogP contribution in [0.1, 0.15) is 24.6 Å². The zero-order chi connectivity index (χ0) is 13.9. The van der Waals surface area contributed by atoms with Crippen molar-refractivity contribution in [3.63, 3.8) is 0 Å². The fourth-order valence-electron chi connectivity index (χ4n) is 2.65. The molecule has 1 aromatic heterocycles. The molecule has 0 saturated carbocycles. The zero-order valence-corrected chi connectivity index (χ0v) is 11.1. The van der Waals surface area contributed by atoms with Gasteiger partial charge in [0.1, 0.15) is 5.82 Å². The number of hydrogen-bond acceptors (Lipinski definition) is 2. The average Bonchev–Trinajstić information content (AvgIpc) is 2.98. The molecule has 104 valence electrons. The van der Waals surface area contributed by atoms with Crippen LogP contribution in [0.2, 0.25) is 0 Å². The second-order valence-electron chi connectivity index (χ2n) is 5.09. The van der Waals surface area contributed by atoms with Crippen LogP contribution in [-0.4, -0.2) is 39.2 Å². The van der Waals surface area contributed by atoms with Crippen LogP contribution >= 0.6 is 0 Å². The number of imidazole rings is 1. The minimum absolute atomic E-state index is 0.322. The fraction of sp³-hybridized carbons (Fsp3) is 0.333. The molecule has 5 nitrogen and oxygen atoms in total. The quantitative estimate of drug-likeness (QED) is 0.882. The molecule has 5 heteroatoms. The molecular formula is C15H17N3O2. The van der Waals surface area contributed by atoms with E-state index in [1.807, 2.05) is 36.5 Å². The molecule has 1 saturated heterocycles. The number of likely N-dealkylation sites (tertiary alicyclic amines) is 1. The number of H-pyrrole nitrogens is 1. The van der Waals surface area contributed by atoms with Crippen LogP contribution in [-0.2, 0) is 0 Å². The zero-order valence-electron chi connectivity index (χ0n) is 11.1. The average molecular weight is 271 g/mol. The first-order valence-electron chi connectivity index (χ1n) is 6.82. The molecule has 1 amide bonds. The van der Waals surface area contributed by atoms with Crippen molar-refractivity contribution in [3.05, 3.63) is 42.4 Å². The molecule has 0 atom stereocenters. The van der Waals surface area contributed by atoms with E-state index in [0.717, 1.165) is 29.9 Å². The molecule has 0 spiro atoms. The Labute approximate surface area is 117 Å². The van der Waals surface area contributed by atoms with Crippen LogP contribution in [0.3, 0.4) is 0 Å². The molecule has 3 rings (SSSR count). The molecular weight excluding hydrogens is 254 g/mol. The lowest BCUT2D eigenvalue weighted by molar-refractivity contribution is 0.131. The first kappa shape index (κ1) is 12.7. The molecule has 1 fully saturated rings. The van der Waals surface area contributed by atoms with Gasteiger partial charge in [-0.05, 0) is 18.4 Å². The van der Waals surface area contributed by atoms with Crippen molar-refractivity contribution in [2.24, 2.45) is 0 Å². The van der Waals surface area contributed by atoms with Crippen molar-refractivity contribution in [2.45, 2.75) is 18.8 Å². The molecule has 0 unspecified atom stereocenters. The van der Waals surface area contributed by atoms with Crippen molar-refractivity contribution in [2.75, 3.05) is 13.1 Å². The summed E-state index contributed by atoms with van der Waals surface area (Å²) in [5.41, 5.74) is 2.13. The Morgan fingerprint density at radius 1 is 1.25 bits per heavy atom. The lowest BCUT2D eigenvalue weighted by Crippen LogP contribution is -2.37. The number of carbonyl (C=O) groups is 1. The van der Waals surface area contributed by atoms with E-state index in [2.05, 4.69) is 9.97 Å². The lowest BCUT2D eigenvalue weighted by atomic mass is 9.96. The summed E-state index contributed by atoms with van der Waals surface area (Å²) in [6.45, 7) is 1.17. The number of aromatic amines is 1. The van der Waals surface area contributed by atoms with Gasteiger partial charge in [-0.3, -0.25) is 0 Å². The smallest absolute Gasteiger partial charge is 0.407 e. The van der Waals surface area contributed by atoms with E-state index in [-0.39, 0.29) is 0 Å². The van der Waals surface area contributed by atoms with E-state index in [1.165, 1.54) is 4.90 Å². The number of nitrogens with one attached hydrogen (secondary N) is 1. The van der Waals surface area contributed by atoms with Gasteiger partial charge in [-0.25, -0.2) is 9.78 Å². The largest absolute Gasteiger partial charge is 0.465 e. The van der Waals surface area contributed by atoms with E-state index >= 15 is 0 Å². The van der Waals surface area contributed by atoms with Gasteiger partial charge in [0, 0.05) is 19.0 Å². The summed E-state index contributed by atoms with van der Waals surface area (Å²) in [4.78, 5) is 20.2. The van der Waals surface area contributed by atoms with Crippen LogP contribution in [0.25, 0.3) is 11.3 Å². The lowest BCUT2D eigenvalue weighted by Gasteiger charge is -2.28. The van der Waals surface area contributed by atoms with Crippen LogP contribution in [0.5, 0.6) is 0 Å². The van der Waals surface area contributed by atoms with Crippen LogP contribution in [0.4, 0.5) is 4.79 Å². The molecule has 2 aromatic rings. The van der Waals surface area contributed by atoms with Gasteiger partial charge in [0.05, 0.1) is 11.9 Å². The van der Waals surface area contributed by atoms with Gasteiger partial charge in [0.25, 0.3) is 0 Å². The highest BCUT2D eigenvalue weighted by molar-refractivity contribution is 5.65. The Balaban J connectivity index is 1.71. The molecule has 20 heavy (non-hydrogen) atoms. The van der Waals surface area contributed by atoms with Crippen molar-refractivity contribution in [1.29, 1.82) is 0 Å². The Bertz CT molecular complexity index is 586. The Hall–Kier alpha value is -2.30. The highest BCUT2D eigenvalue weighted by Gasteiger charge is 2.25. The monoisotopic (exact) mass is 271 g/mol. The third-order valence-corrected chi connectivity index (χ3v) is 3.83. The number of benzene rings is 1. The van der Waals surface area contributed by atoms with Crippen molar-refractivity contribution in [1.82, 2.24) is 14.9 Å². The van der Waals surface area contributed by atoms with E-state index in [4.69, 9.17) is 5.11 Å². The number of rotatable bonds is 2. The molecule has 1 aliphatic rings. The minimum atomic E-state index is -0.826. The van der Waals surface area contributed by atoms with Gasteiger partial charge in [-0.15, -0.1) is 0 Å². The second kappa shape index (κ2) is 5.36. The third-order valence-electron chi connectivity index (χ3n) is 3.83. The van der Waals surface area contributed by atoms with Gasteiger partial charge < -0.3 is 15.0 Å². The number of piperidine rings is 1. The topological polar surface area (TPSA) is 69.2 Å². The summed E-state index contributed by atoms with van der Waals surface area (Å²) in [5, 5.41) is 8.95. The van der Waals surface area contributed by atoms with Gasteiger partial charge in [-0.2, -0.15) is 0 Å². The Kier molecular flexibility index (Phi) is 3.41. The molecule has 1 aromatic carbocycles. The minimum Gasteiger partial charge on any atom is -0.465 e. The van der Waals surface area contributed by atoms with Gasteiger partial charge in [0.15, 0.2) is 0 Å². The van der Waals surface area contributed by atoms with Crippen molar-refractivity contribution >= 4 is 6.09 Å². The molecule has 2 heterocycles. The second-order valence-corrected chi connectivity index (χ2v) is 5.09. The predicted molar refractivity (Wildman–Crippen MR) is 75.6 cm³/mol. The van der Waals surface area contributed by atoms with E-state index in [1.54, 1.807) is 0 Å². The first-order valence-corrected chi connectivity index (χ1v) is 6.82. The number of carboxylic acid groups (broad SMARTS) is 1. The number of aromatic nitrogens is 2. The predicted octanol–water partition coefficient (Wildman–Crippen LogP) is 2.93. The summed E-state index contributed by atoms with van der Waals surface area (Å²) < 4.78 is 0. The van der Waals surface area contributed by atoms with Crippen LogP contribution in [0, 0.1) is 0 Å². The van der Waals surface area contributed by atoms with Crippen LogP contribution < -0.4 is 0 Å². The molecule has 1 aliphatic heterocycles. The summed E-state index contributed by atoms with van der Waals surface area (Å²) in [5.74, 6) is 1.29. The molecule has 0 aliphatic carbocycles.